The maximum absolute atomic E-state index is 15.7. The zero-order valence-corrected chi connectivity index (χ0v) is 16.1. The van der Waals surface area contributed by atoms with E-state index in [0.29, 0.717) is 10.1 Å². The van der Waals surface area contributed by atoms with Gasteiger partial charge in [-0.2, -0.15) is 0 Å². The van der Waals surface area contributed by atoms with Crippen molar-refractivity contribution in [1.82, 2.24) is 9.55 Å². The van der Waals surface area contributed by atoms with E-state index in [2.05, 4.69) is 4.98 Å². The van der Waals surface area contributed by atoms with Crippen molar-refractivity contribution in [2.24, 2.45) is 0 Å². The van der Waals surface area contributed by atoms with Crippen molar-refractivity contribution < 1.29 is 41.6 Å². The van der Waals surface area contributed by atoms with Crippen molar-refractivity contribution in [3.05, 3.63) is 57.2 Å². The molecular formula is C16H16FN2O8PS. The number of hydrogen-bond acceptors (Lipinski definition) is 9. The standard InChI is InChI=1S/C16H16FN2O8PS/c17-16(8-25-28(23)24-7-9-3-1-2-4-10(9)27-28)13(22)12(21)14(26-16)19-6-5-11(20)18-15(19)29/h1-6,12-14,21-22H,7-8H2,(H,18,20,29)/t12-,13+,14-,16-,28?/m1/s1/i8D2,14D. The second kappa shape index (κ2) is 7.40. The Morgan fingerprint density at radius 2 is 2.24 bits per heavy atom. The smallest absolute Gasteiger partial charge is 0.404 e. The van der Waals surface area contributed by atoms with Gasteiger partial charge in [-0.25, -0.2) is 8.96 Å². The maximum atomic E-state index is 15.7. The number of nitrogens with one attached hydrogen (secondary N) is 1. The van der Waals surface area contributed by atoms with E-state index in [0.717, 1.165) is 12.3 Å². The van der Waals surface area contributed by atoms with Crippen LogP contribution in [0.25, 0.3) is 0 Å². The van der Waals surface area contributed by atoms with Crippen LogP contribution in [0.3, 0.4) is 0 Å². The summed E-state index contributed by atoms with van der Waals surface area (Å²) in [4.78, 5) is 13.5. The molecule has 3 N–H and O–H groups in total. The third-order valence-electron chi connectivity index (χ3n) is 4.10. The number of ether oxygens (including phenoxy) is 1. The summed E-state index contributed by atoms with van der Waals surface area (Å²) in [7, 11) is -4.76. The van der Waals surface area contributed by atoms with Gasteiger partial charge in [0.25, 0.3) is 11.4 Å². The summed E-state index contributed by atoms with van der Waals surface area (Å²) in [6, 6.07) is 7.08. The minimum absolute atomic E-state index is 0.0492. The average molecular weight is 449 g/mol. The number of benzene rings is 1. The summed E-state index contributed by atoms with van der Waals surface area (Å²) in [6.45, 7) is -4.06. The Hall–Kier alpha value is -1.92. The number of H-pyrrole nitrogens is 1. The maximum Gasteiger partial charge on any atom is 0.530 e. The van der Waals surface area contributed by atoms with Gasteiger partial charge in [0.15, 0.2) is 11.0 Å². The number of nitrogens with zero attached hydrogens (tertiary/aromatic N) is 1. The Balaban J connectivity index is 1.67. The molecule has 2 aromatic rings. The van der Waals surface area contributed by atoms with E-state index in [1.165, 1.54) is 6.07 Å². The van der Waals surface area contributed by atoms with Crippen LogP contribution in [-0.4, -0.2) is 44.4 Å². The predicted octanol–water partition coefficient (Wildman–Crippen LogP) is 1.56. The Labute approximate surface area is 172 Å². The summed E-state index contributed by atoms with van der Waals surface area (Å²) in [5.74, 6) is -3.90. The number of aliphatic hydroxyl groups excluding tert-OH is 2. The topological polar surface area (TPSA) is 132 Å². The van der Waals surface area contributed by atoms with Gasteiger partial charge in [-0.05, 0) is 18.3 Å². The van der Waals surface area contributed by atoms with Crippen LogP contribution < -0.4 is 10.1 Å². The van der Waals surface area contributed by atoms with Gasteiger partial charge in [-0.15, -0.1) is 0 Å². The lowest BCUT2D eigenvalue weighted by molar-refractivity contribution is -0.205. The number of phosphoric acid groups is 1. The van der Waals surface area contributed by atoms with Gasteiger partial charge in [0, 0.05) is 17.8 Å². The number of para-hydroxylation sites is 1. The molecule has 10 nitrogen and oxygen atoms in total. The van der Waals surface area contributed by atoms with Crippen LogP contribution in [0.4, 0.5) is 4.39 Å². The van der Waals surface area contributed by atoms with Crippen LogP contribution in [0.5, 0.6) is 5.75 Å². The zero-order chi connectivity index (χ0) is 23.5. The average Bonchev–Trinajstić information content (AvgIpc) is 2.89. The highest BCUT2D eigenvalue weighted by Gasteiger charge is 2.57. The van der Waals surface area contributed by atoms with Crippen molar-refractivity contribution >= 4 is 20.0 Å². The lowest BCUT2D eigenvalue weighted by Crippen LogP contribution is -2.43. The Morgan fingerprint density at radius 1 is 1.48 bits per heavy atom. The number of alkyl halides is 1. The third-order valence-corrected chi connectivity index (χ3v) is 5.58. The van der Waals surface area contributed by atoms with Crippen molar-refractivity contribution in [2.75, 3.05) is 6.56 Å². The van der Waals surface area contributed by atoms with Crippen molar-refractivity contribution in [2.45, 2.75) is 30.9 Å². The summed E-state index contributed by atoms with van der Waals surface area (Å²) in [5, 5.41) is 20.6. The van der Waals surface area contributed by atoms with E-state index in [9.17, 15) is 19.6 Å². The highest BCUT2D eigenvalue weighted by atomic mass is 32.1. The normalized spacial score (nSPS) is 38.4. The highest BCUT2D eigenvalue weighted by Crippen LogP contribution is 2.55. The monoisotopic (exact) mass is 449 g/mol. The minimum atomic E-state index is -4.76. The number of aliphatic hydroxyl groups is 2. The second-order valence-corrected chi connectivity index (χ2v) is 7.97. The summed E-state index contributed by atoms with van der Waals surface area (Å²) < 4.78 is 72.6. The molecule has 0 radical (unpaired) electrons. The van der Waals surface area contributed by atoms with Crippen LogP contribution in [0.2, 0.25) is 0 Å². The van der Waals surface area contributed by atoms with Crippen LogP contribution in [0, 0.1) is 4.77 Å². The van der Waals surface area contributed by atoms with E-state index in [1.54, 1.807) is 18.2 Å². The first kappa shape index (κ1) is 16.8. The molecule has 5 atom stereocenters. The SMILES string of the molecule is [2H]C([2H])(OP1(=O)OCc2ccccc2O1)[C@@]1(F)O[C@@]([2H])(n2ccc(=O)[nH]c2=S)[C@H](O)[C@@H]1O. The quantitative estimate of drug-likeness (QED) is 0.470. The number of hydrogen-bond donors (Lipinski definition) is 3. The van der Waals surface area contributed by atoms with Gasteiger partial charge in [-0.1, -0.05) is 18.2 Å². The van der Waals surface area contributed by atoms with E-state index in [-0.39, 0.29) is 12.4 Å². The second-order valence-electron chi connectivity index (χ2n) is 6.07. The molecule has 29 heavy (non-hydrogen) atoms. The molecule has 2 aliphatic heterocycles. The van der Waals surface area contributed by atoms with Crippen LogP contribution in [-0.2, 0) is 25.0 Å². The number of halogens is 1. The predicted molar refractivity (Wildman–Crippen MR) is 97.3 cm³/mol. The highest BCUT2D eigenvalue weighted by molar-refractivity contribution is 7.71. The Kier molecular flexibility index (Phi) is 4.30. The number of phosphoric ester groups is 1. The fourth-order valence-corrected chi connectivity index (χ4v) is 3.99. The van der Waals surface area contributed by atoms with Gasteiger partial charge < -0.3 is 19.5 Å². The molecule has 0 aliphatic carbocycles. The van der Waals surface area contributed by atoms with Crippen LogP contribution in [0.1, 0.15) is 15.9 Å². The molecule has 4 rings (SSSR count). The fourth-order valence-electron chi connectivity index (χ4n) is 2.65. The Morgan fingerprint density at radius 3 is 3.00 bits per heavy atom. The molecule has 0 spiro atoms. The zero-order valence-electron chi connectivity index (χ0n) is 17.4. The van der Waals surface area contributed by atoms with E-state index in [4.69, 9.17) is 34.6 Å². The molecule has 156 valence electrons. The molecule has 0 saturated carbocycles. The number of fused-ring (bicyclic) bond motifs is 1. The van der Waals surface area contributed by atoms with Gasteiger partial charge in [0.1, 0.15) is 24.5 Å². The van der Waals surface area contributed by atoms with Crippen molar-refractivity contribution in [3.8, 4) is 5.75 Å². The molecule has 1 saturated heterocycles. The van der Waals surface area contributed by atoms with Crippen molar-refractivity contribution in [1.29, 1.82) is 0 Å². The lowest BCUT2D eigenvalue weighted by atomic mass is 10.1. The van der Waals surface area contributed by atoms with Gasteiger partial charge >= 0.3 is 7.82 Å². The molecule has 0 bridgehead atoms. The molecule has 0 amide bonds. The number of aromatic nitrogens is 2. The Bertz CT molecular complexity index is 1230. The first-order valence-corrected chi connectivity index (χ1v) is 9.99. The minimum Gasteiger partial charge on any atom is -0.404 e. The molecule has 13 heteroatoms. The molecule has 1 aromatic heterocycles. The molecule has 2 aliphatic rings. The number of rotatable bonds is 4. The molecular weight excluding hydrogens is 430 g/mol. The lowest BCUT2D eigenvalue weighted by Gasteiger charge is -2.28. The first-order chi connectivity index (χ1) is 14.8. The van der Waals surface area contributed by atoms with Crippen LogP contribution in [0.15, 0.2) is 41.3 Å². The summed E-state index contributed by atoms with van der Waals surface area (Å²) in [6.07, 6.45) is -7.17. The van der Waals surface area contributed by atoms with Gasteiger partial charge in [0.2, 0.25) is 0 Å². The summed E-state index contributed by atoms with van der Waals surface area (Å²) in [5.41, 5.74) is -0.193. The van der Waals surface area contributed by atoms with Crippen LogP contribution >= 0.6 is 20.0 Å². The molecule has 3 heterocycles. The van der Waals surface area contributed by atoms with E-state index in [1.807, 2.05) is 0 Å². The molecule has 1 aromatic carbocycles. The molecule has 1 fully saturated rings. The molecule has 1 unspecified atom stereocenters. The van der Waals surface area contributed by atoms with E-state index < -0.39 is 49.0 Å². The third kappa shape index (κ3) is 3.80. The fraction of sp³-hybridized carbons (Fsp3) is 0.375. The van der Waals surface area contributed by atoms with Gasteiger partial charge in [0.05, 0.1) is 10.7 Å². The largest absolute Gasteiger partial charge is 0.530 e. The number of aromatic amines is 1. The first-order valence-electron chi connectivity index (χ1n) is 9.62. The van der Waals surface area contributed by atoms with Gasteiger partial charge in [-0.3, -0.25) is 23.4 Å². The summed E-state index contributed by atoms with van der Waals surface area (Å²) >= 11 is 4.88. The van der Waals surface area contributed by atoms with E-state index >= 15 is 4.39 Å². The van der Waals surface area contributed by atoms with Crippen molar-refractivity contribution in [3.63, 3.8) is 0 Å².